The SMILES string of the molecule is C=C/C=C(\c1oc2c(-c3ccc4[nH]c(C)c(/C=C\CC)c4c3)cccc2c1C)C(C)C. The summed E-state index contributed by atoms with van der Waals surface area (Å²) in [6, 6.07) is 13.1. The van der Waals surface area contributed by atoms with Gasteiger partial charge in [-0.2, -0.15) is 0 Å². The van der Waals surface area contributed by atoms with Gasteiger partial charge in [-0.15, -0.1) is 0 Å². The average molecular weight is 410 g/mol. The van der Waals surface area contributed by atoms with Crippen LogP contribution in [-0.2, 0) is 0 Å². The van der Waals surface area contributed by atoms with Gasteiger partial charge in [0, 0.05) is 38.7 Å². The number of benzene rings is 2. The van der Waals surface area contributed by atoms with Crippen molar-refractivity contribution in [2.45, 2.75) is 41.0 Å². The molecule has 0 saturated carbocycles. The minimum absolute atomic E-state index is 0.354. The molecule has 0 aliphatic heterocycles. The fraction of sp³-hybridized carbons (Fsp3) is 0.241. The third kappa shape index (κ3) is 3.67. The maximum absolute atomic E-state index is 6.53. The summed E-state index contributed by atoms with van der Waals surface area (Å²) in [5.41, 5.74) is 9.23. The van der Waals surface area contributed by atoms with Crippen LogP contribution in [0, 0.1) is 19.8 Å². The van der Waals surface area contributed by atoms with Crippen LogP contribution in [-0.4, -0.2) is 4.98 Å². The first kappa shape index (κ1) is 21.0. The second-order valence-corrected chi connectivity index (χ2v) is 8.49. The van der Waals surface area contributed by atoms with Crippen molar-refractivity contribution in [1.29, 1.82) is 0 Å². The molecule has 0 atom stereocenters. The van der Waals surface area contributed by atoms with Crippen LogP contribution in [0.25, 0.3) is 44.6 Å². The highest BCUT2D eigenvalue weighted by Crippen LogP contribution is 2.39. The summed E-state index contributed by atoms with van der Waals surface area (Å²) >= 11 is 0. The Morgan fingerprint density at radius 2 is 1.94 bits per heavy atom. The van der Waals surface area contributed by atoms with E-state index in [0.717, 1.165) is 28.8 Å². The van der Waals surface area contributed by atoms with Crippen LogP contribution in [0.4, 0.5) is 0 Å². The fourth-order valence-electron chi connectivity index (χ4n) is 4.37. The molecule has 2 heteroatoms. The van der Waals surface area contributed by atoms with Gasteiger partial charge >= 0.3 is 0 Å². The number of furan rings is 1. The predicted molar refractivity (Wildman–Crippen MR) is 135 cm³/mol. The van der Waals surface area contributed by atoms with E-state index in [1.807, 2.05) is 6.08 Å². The van der Waals surface area contributed by atoms with Crippen molar-refractivity contribution in [3.63, 3.8) is 0 Å². The lowest BCUT2D eigenvalue weighted by atomic mass is 9.96. The Hall–Kier alpha value is -3.26. The molecule has 158 valence electrons. The maximum Gasteiger partial charge on any atom is 0.142 e. The van der Waals surface area contributed by atoms with Crippen molar-refractivity contribution in [1.82, 2.24) is 4.98 Å². The lowest BCUT2D eigenvalue weighted by molar-refractivity contribution is 0.586. The zero-order valence-corrected chi connectivity index (χ0v) is 19.2. The highest BCUT2D eigenvalue weighted by Gasteiger charge is 2.19. The molecule has 0 aliphatic rings. The molecule has 0 amide bonds. The van der Waals surface area contributed by atoms with Crippen molar-refractivity contribution in [2.24, 2.45) is 5.92 Å². The van der Waals surface area contributed by atoms with Crippen molar-refractivity contribution in [3.8, 4) is 11.1 Å². The van der Waals surface area contributed by atoms with E-state index in [1.54, 1.807) is 0 Å². The smallest absolute Gasteiger partial charge is 0.142 e. The molecule has 2 aromatic carbocycles. The van der Waals surface area contributed by atoms with E-state index < -0.39 is 0 Å². The highest BCUT2D eigenvalue weighted by atomic mass is 16.3. The molecule has 4 rings (SSSR count). The first-order chi connectivity index (χ1) is 15.0. The molecule has 0 unspecified atom stereocenters. The summed E-state index contributed by atoms with van der Waals surface area (Å²) < 4.78 is 6.53. The van der Waals surface area contributed by atoms with Gasteiger partial charge in [-0.05, 0) is 49.5 Å². The molecule has 0 radical (unpaired) electrons. The average Bonchev–Trinajstić information content (AvgIpc) is 3.25. The van der Waals surface area contributed by atoms with Crippen LogP contribution >= 0.6 is 0 Å². The minimum Gasteiger partial charge on any atom is -0.455 e. The molecule has 31 heavy (non-hydrogen) atoms. The number of aryl methyl sites for hydroxylation is 2. The largest absolute Gasteiger partial charge is 0.455 e. The molecule has 0 spiro atoms. The van der Waals surface area contributed by atoms with Crippen molar-refractivity contribution in [2.75, 3.05) is 0 Å². The monoisotopic (exact) mass is 409 g/mol. The van der Waals surface area contributed by atoms with Crippen LogP contribution in [0.3, 0.4) is 0 Å². The number of aromatic nitrogens is 1. The zero-order valence-electron chi connectivity index (χ0n) is 19.2. The second-order valence-electron chi connectivity index (χ2n) is 8.49. The standard InChI is InChI=1S/C29H31NO/c1-7-9-12-24-20(6)30-27-16-15-21(17-26(24)27)25-14-10-13-23-19(5)28(31-29(23)25)22(11-8-2)18(3)4/h8-18,30H,2,7H2,1,3-6H3/b12-9-,22-11-. The number of para-hydroxylation sites is 1. The number of fused-ring (bicyclic) bond motifs is 2. The molecule has 0 bridgehead atoms. The van der Waals surface area contributed by atoms with Crippen LogP contribution in [0.15, 0.2) is 65.6 Å². The Labute approximate surface area is 185 Å². The molecule has 1 N–H and O–H groups in total. The molecule has 2 heterocycles. The number of allylic oxidation sites excluding steroid dienone is 4. The third-order valence-electron chi connectivity index (χ3n) is 6.01. The Morgan fingerprint density at radius 3 is 2.65 bits per heavy atom. The van der Waals surface area contributed by atoms with Gasteiger partial charge in [0.25, 0.3) is 0 Å². The lowest BCUT2D eigenvalue weighted by Gasteiger charge is -2.08. The van der Waals surface area contributed by atoms with E-state index in [4.69, 9.17) is 4.42 Å². The number of nitrogens with one attached hydrogen (secondary N) is 1. The first-order valence-corrected chi connectivity index (χ1v) is 11.1. The van der Waals surface area contributed by atoms with E-state index in [-0.39, 0.29) is 0 Å². The van der Waals surface area contributed by atoms with E-state index >= 15 is 0 Å². The summed E-state index contributed by atoms with van der Waals surface area (Å²) in [7, 11) is 0. The zero-order chi connectivity index (χ0) is 22.1. The van der Waals surface area contributed by atoms with E-state index in [1.165, 1.54) is 38.7 Å². The van der Waals surface area contributed by atoms with Crippen LogP contribution in [0.1, 0.15) is 49.8 Å². The summed E-state index contributed by atoms with van der Waals surface area (Å²) in [5, 5.41) is 2.41. The van der Waals surface area contributed by atoms with Crippen molar-refractivity contribution >= 4 is 33.5 Å². The van der Waals surface area contributed by atoms with Gasteiger partial charge < -0.3 is 9.40 Å². The number of H-pyrrole nitrogens is 1. The first-order valence-electron chi connectivity index (χ1n) is 11.1. The molecule has 0 fully saturated rings. The number of rotatable bonds is 6. The van der Waals surface area contributed by atoms with E-state index in [0.29, 0.717) is 5.92 Å². The molecule has 0 aliphatic carbocycles. The van der Waals surface area contributed by atoms with Crippen molar-refractivity contribution < 1.29 is 4.42 Å². The second kappa shape index (κ2) is 8.47. The van der Waals surface area contributed by atoms with Crippen LogP contribution in [0.5, 0.6) is 0 Å². The predicted octanol–water partition coefficient (Wildman–Crippen LogP) is 8.85. The van der Waals surface area contributed by atoms with Crippen molar-refractivity contribution in [3.05, 3.63) is 83.8 Å². The minimum atomic E-state index is 0.354. The summed E-state index contributed by atoms with van der Waals surface area (Å²) in [6.07, 6.45) is 9.37. The quantitative estimate of drug-likeness (QED) is 0.317. The van der Waals surface area contributed by atoms with E-state index in [2.05, 4.69) is 101 Å². The molecule has 0 saturated heterocycles. The van der Waals surface area contributed by atoms with Crippen LogP contribution < -0.4 is 0 Å². The molecular formula is C29H31NO. The van der Waals surface area contributed by atoms with Gasteiger partial charge in [0.1, 0.15) is 11.3 Å². The van der Waals surface area contributed by atoms with Gasteiger partial charge in [-0.25, -0.2) is 0 Å². The summed E-state index contributed by atoms with van der Waals surface area (Å²) in [5.74, 6) is 1.32. The summed E-state index contributed by atoms with van der Waals surface area (Å²) in [6.45, 7) is 14.7. The van der Waals surface area contributed by atoms with Gasteiger partial charge in [-0.1, -0.05) is 75.9 Å². The number of aromatic amines is 1. The van der Waals surface area contributed by atoms with Gasteiger partial charge in [0.15, 0.2) is 0 Å². The topological polar surface area (TPSA) is 28.9 Å². The Morgan fingerprint density at radius 1 is 1.13 bits per heavy atom. The fourth-order valence-corrected chi connectivity index (χ4v) is 4.37. The van der Waals surface area contributed by atoms with Crippen LogP contribution in [0.2, 0.25) is 0 Å². The van der Waals surface area contributed by atoms with E-state index in [9.17, 15) is 0 Å². The molecule has 2 aromatic heterocycles. The molecular weight excluding hydrogens is 378 g/mol. The normalized spacial score (nSPS) is 12.6. The highest BCUT2D eigenvalue weighted by molar-refractivity contribution is 6.00. The maximum atomic E-state index is 6.53. The number of hydrogen-bond acceptors (Lipinski definition) is 1. The molecule has 4 aromatic rings. The lowest BCUT2D eigenvalue weighted by Crippen LogP contribution is -1.93. The Kier molecular flexibility index (Phi) is 5.73. The Balaban J connectivity index is 1.93. The third-order valence-corrected chi connectivity index (χ3v) is 6.01. The van der Waals surface area contributed by atoms with Gasteiger partial charge in [0.2, 0.25) is 0 Å². The molecule has 2 nitrogen and oxygen atoms in total. The van der Waals surface area contributed by atoms with Gasteiger partial charge in [-0.3, -0.25) is 0 Å². The Bertz CT molecular complexity index is 1320. The van der Waals surface area contributed by atoms with Gasteiger partial charge in [0.05, 0.1) is 0 Å². The summed E-state index contributed by atoms with van der Waals surface area (Å²) in [4.78, 5) is 3.51. The number of hydrogen-bond donors (Lipinski definition) is 1.